The van der Waals surface area contributed by atoms with Gasteiger partial charge in [0.2, 0.25) is 0 Å². The topological polar surface area (TPSA) is 50.8 Å². The standard InChI is InChI=1S/C16H18FN3/c17-16-5-3-14(4-6-16)15-7-9-20(12-15)11-13(10-19)2-1-8-18/h3-6,13,15H,1-2,7,9,11-12H2/t13-,15+/m0/s1. The van der Waals surface area contributed by atoms with E-state index in [0.717, 1.165) is 26.1 Å². The Labute approximate surface area is 119 Å². The van der Waals surface area contributed by atoms with Crippen LogP contribution in [0.5, 0.6) is 0 Å². The van der Waals surface area contributed by atoms with Crippen molar-refractivity contribution < 1.29 is 4.39 Å². The largest absolute Gasteiger partial charge is 0.301 e. The molecule has 2 rings (SSSR count). The number of hydrogen-bond acceptors (Lipinski definition) is 3. The summed E-state index contributed by atoms with van der Waals surface area (Å²) in [6.45, 7) is 2.61. The molecule has 3 nitrogen and oxygen atoms in total. The molecule has 0 aromatic heterocycles. The fraction of sp³-hybridized carbons (Fsp3) is 0.500. The molecule has 104 valence electrons. The molecule has 1 saturated heterocycles. The summed E-state index contributed by atoms with van der Waals surface area (Å²) in [6.07, 6.45) is 2.13. The minimum atomic E-state index is -0.204. The summed E-state index contributed by atoms with van der Waals surface area (Å²) in [4.78, 5) is 2.28. The maximum Gasteiger partial charge on any atom is 0.123 e. The molecule has 1 fully saturated rings. The fourth-order valence-corrected chi connectivity index (χ4v) is 2.75. The number of nitrogens with zero attached hydrogens (tertiary/aromatic N) is 3. The van der Waals surface area contributed by atoms with E-state index in [1.807, 2.05) is 12.1 Å². The second kappa shape index (κ2) is 7.03. The molecular formula is C16H18FN3. The number of likely N-dealkylation sites (tertiary alicyclic amines) is 1. The van der Waals surface area contributed by atoms with Crippen LogP contribution in [0.1, 0.15) is 30.7 Å². The Kier molecular flexibility index (Phi) is 5.09. The lowest BCUT2D eigenvalue weighted by atomic mass is 9.98. The highest BCUT2D eigenvalue weighted by Crippen LogP contribution is 2.28. The quantitative estimate of drug-likeness (QED) is 0.827. The van der Waals surface area contributed by atoms with Crippen LogP contribution in [-0.2, 0) is 0 Å². The molecule has 0 radical (unpaired) electrons. The summed E-state index contributed by atoms with van der Waals surface area (Å²) in [5.41, 5.74) is 1.17. The van der Waals surface area contributed by atoms with E-state index in [1.165, 1.54) is 17.7 Å². The minimum Gasteiger partial charge on any atom is -0.301 e. The van der Waals surface area contributed by atoms with Gasteiger partial charge in [-0.2, -0.15) is 10.5 Å². The number of nitriles is 2. The van der Waals surface area contributed by atoms with Gasteiger partial charge in [-0.1, -0.05) is 12.1 Å². The van der Waals surface area contributed by atoms with Crippen LogP contribution in [-0.4, -0.2) is 24.5 Å². The molecule has 4 heteroatoms. The van der Waals surface area contributed by atoms with Gasteiger partial charge in [-0.3, -0.25) is 0 Å². The average molecular weight is 271 g/mol. The van der Waals surface area contributed by atoms with E-state index >= 15 is 0 Å². The molecule has 0 N–H and O–H groups in total. The van der Waals surface area contributed by atoms with E-state index in [9.17, 15) is 4.39 Å². The highest BCUT2D eigenvalue weighted by Gasteiger charge is 2.25. The van der Waals surface area contributed by atoms with Crippen molar-refractivity contribution in [1.29, 1.82) is 10.5 Å². The van der Waals surface area contributed by atoms with Crippen molar-refractivity contribution in [2.75, 3.05) is 19.6 Å². The van der Waals surface area contributed by atoms with E-state index in [0.29, 0.717) is 18.8 Å². The van der Waals surface area contributed by atoms with Gasteiger partial charge in [0.05, 0.1) is 18.1 Å². The predicted molar refractivity (Wildman–Crippen MR) is 74.1 cm³/mol. The van der Waals surface area contributed by atoms with Crippen LogP contribution in [0.15, 0.2) is 24.3 Å². The lowest BCUT2D eigenvalue weighted by Gasteiger charge is -2.18. The molecule has 0 unspecified atom stereocenters. The highest BCUT2D eigenvalue weighted by molar-refractivity contribution is 5.22. The molecular weight excluding hydrogens is 253 g/mol. The van der Waals surface area contributed by atoms with Crippen molar-refractivity contribution >= 4 is 0 Å². The molecule has 0 aliphatic carbocycles. The molecule has 0 amide bonds. The van der Waals surface area contributed by atoms with E-state index in [-0.39, 0.29) is 11.7 Å². The van der Waals surface area contributed by atoms with E-state index in [1.54, 1.807) is 0 Å². The third kappa shape index (κ3) is 3.79. The molecule has 0 spiro atoms. The van der Waals surface area contributed by atoms with Gasteiger partial charge in [-0.15, -0.1) is 0 Å². The van der Waals surface area contributed by atoms with Crippen LogP contribution in [0.4, 0.5) is 4.39 Å². The van der Waals surface area contributed by atoms with Crippen molar-refractivity contribution in [2.24, 2.45) is 5.92 Å². The Morgan fingerprint density at radius 1 is 1.30 bits per heavy atom. The molecule has 1 aliphatic heterocycles. The average Bonchev–Trinajstić information content (AvgIpc) is 2.92. The minimum absolute atomic E-state index is 0.0679. The summed E-state index contributed by atoms with van der Waals surface area (Å²) in [5, 5.41) is 17.7. The monoisotopic (exact) mass is 271 g/mol. The zero-order valence-corrected chi connectivity index (χ0v) is 11.4. The maximum atomic E-state index is 12.9. The fourth-order valence-electron chi connectivity index (χ4n) is 2.75. The summed E-state index contributed by atoms with van der Waals surface area (Å²) in [6, 6.07) is 11.1. The smallest absolute Gasteiger partial charge is 0.123 e. The number of rotatable bonds is 5. The molecule has 1 heterocycles. The maximum absolute atomic E-state index is 12.9. The van der Waals surface area contributed by atoms with Gasteiger partial charge >= 0.3 is 0 Å². The number of halogens is 1. The van der Waals surface area contributed by atoms with Crippen molar-refractivity contribution in [3.05, 3.63) is 35.6 Å². The number of benzene rings is 1. The van der Waals surface area contributed by atoms with Crippen LogP contribution in [0, 0.1) is 34.4 Å². The van der Waals surface area contributed by atoms with Gasteiger partial charge < -0.3 is 4.90 Å². The zero-order valence-electron chi connectivity index (χ0n) is 11.4. The van der Waals surface area contributed by atoms with Crippen LogP contribution < -0.4 is 0 Å². The Morgan fingerprint density at radius 3 is 2.70 bits per heavy atom. The van der Waals surface area contributed by atoms with E-state index < -0.39 is 0 Å². The summed E-state index contributed by atoms with van der Waals surface area (Å²) >= 11 is 0. The van der Waals surface area contributed by atoms with Crippen LogP contribution in [0.2, 0.25) is 0 Å². The SMILES string of the molecule is N#CCC[C@@H](C#N)CN1CC[C@@H](c2ccc(F)cc2)C1. The van der Waals surface area contributed by atoms with Gasteiger partial charge in [0.1, 0.15) is 5.82 Å². The molecule has 1 aliphatic rings. The normalized spacial score (nSPS) is 20.2. The highest BCUT2D eigenvalue weighted by atomic mass is 19.1. The Morgan fingerprint density at radius 2 is 2.05 bits per heavy atom. The summed E-state index contributed by atoms with van der Waals surface area (Å²) < 4.78 is 12.9. The second-order valence-electron chi connectivity index (χ2n) is 5.32. The third-order valence-electron chi connectivity index (χ3n) is 3.88. The molecule has 0 saturated carbocycles. The van der Waals surface area contributed by atoms with E-state index in [2.05, 4.69) is 17.0 Å². The molecule has 0 bridgehead atoms. The Hall–Kier alpha value is -1.91. The lowest BCUT2D eigenvalue weighted by Crippen LogP contribution is -2.26. The first-order valence-electron chi connectivity index (χ1n) is 6.97. The number of hydrogen-bond donors (Lipinski definition) is 0. The predicted octanol–water partition coefficient (Wildman–Crippen LogP) is 3.06. The van der Waals surface area contributed by atoms with Gasteiger partial charge in [0.25, 0.3) is 0 Å². The Bertz CT molecular complexity index is 512. The lowest BCUT2D eigenvalue weighted by molar-refractivity contribution is 0.296. The molecule has 20 heavy (non-hydrogen) atoms. The first kappa shape index (κ1) is 14.5. The van der Waals surface area contributed by atoms with Crippen LogP contribution in [0.25, 0.3) is 0 Å². The van der Waals surface area contributed by atoms with Gasteiger partial charge in [0.15, 0.2) is 0 Å². The molecule has 1 aromatic rings. The summed E-state index contributed by atoms with van der Waals surface area (Å²) in [5.74, 6) is 0.150. The summed E-state index contributed by atoms with van der Waals surface area (Å²) in [7, 11) is 0. The van der Waals surface area contributed by atoms with Gasteiger partial charge in [-0.25, -0.2) is 4.39 Å². The van der Waals surface area contributed by atoms with Crippen LogP contribution >= 0.6 is 0 Å². The zero-order chi connectivity index (χ0) is 14.4. The van der Waals surface area contributed by atoms with Gasteiger partial charge in [0, 0.05) is 19.5 Å². The van der Waals surface area contributed by atoms with Crippen molar-refractivity contribution in [2.45, 2.75) is 25.2 Å². The van der Waals surface area contributed by atoms with Crippen LogP contribution in [0.3, 0.4) is 0 Å². The second-order valence-corrected chi connectivity index (χ2v) is 5.32. The Balaban J connectivity index is 1.87. The molecule has 1 aromatic carbocycles. The first-order chi connectivity index (χ1) is 9.72. The molecule has 2 atom stereocenters. The van der Waals surface area contributed by atoms with E-state index in [4.69, 9.17) is 10.5 Å². The van der Waals surface area contributed by atoms with Gasteiger partial charge in [-0.05, 0) is 43.0 Å². The van der Waals surface area contributed by atoms with Crippen molar-refractivity contribution in [3.8, 4) is 12.1 Å². The third-order valence-corrected chi connectivity index (χ3v) is 3.88. The first-order valence-corrected chi connectivity index (χ1v) is 6.97. The van der Waals surface area contributed by atoms with Crippen molar-refractivity contribution in [3.63, 3.8) is 0 Å². The van der Waals surface area contributed by atoms with Crippen molar-refractivity contribution in [1.82, 2.24) is 4.90 Å².